The second-order valence-electron chi connectivity index (χ2n) is 13.5. The van der Waals surface area contributed by atoms with Gasteiger partial charge in [-0.25, -0.2) is 4.79 Å². The van der Waals surface area contributed by atoms with Gasteiger partial charge in [0, 0.05) is 36.1 Å². The minimum Gasteiger partial charge on any atom is -0.493 e. The number of carbonyl (C=O) groups is 1. The molecule has 4 aliphatic carbocycles. The van der Waals surface area contributed by atoms with Crippen molar-refractivity contribution in [3.05, 3.63) is 35.4 Å². The summed E-state index contributed by atoms with van der Waals surface area (Å²) in [6, 6.07) is 5.90. The zero-order valence-corrected chi connectivity index (χ0v) is 24.6. The predicted molar refractivity (Wildman–Crippen MR) is 154 cm³/mol. The normalized spacial score (nSPS) is 41.8. The van der Waals surface area contributed by atoms with Gasteiger partial charge in [-0.2, -0.15) is 0 Å². The maximum Gasteiger partial charge on any atom is 0.331 e. The van der Waals surface area contributed by atoms with Crippen LogP contribution in [-0.4, -0.2) is 72.2 Å². The third-order valence-corrected chi connectivity index (χ3v) is 11.9. The SMILES string of the molecule is COc1ccc(CCN=C[C@]23CC[C@@H](O)C[C@@]2(O)CC[C@@H]2[C@@H]3CC[C@]3(C)[C@@H](C4=CC(=O)OC4)CC[C@@]23O)cc1OC. The number of hydrogen-bond donors (Lipinski definition) is 3. The van der Waals surface area contributed by atoms with E-state index in [1.54, 1.807) is 20.3 Å². The fourth-order valence-electron chi connectivity index (χ4n) is 9.82. The van der Waals surface area contributed by atoms with E-state index in [4.69, 9.17) is 19.2 Å². The van der Waals surface area contributed by atoms with Gasteiger partial charge in [-0.1, -0.05) is 13.0 Å². The van der Waals surface area contributed by atoms with Crippen molar-refractivity contribution in [3.8, 4) is 11.5 Å². The second-order valence-corrected chi connectivity index (χ2v) is 13.5. The van der Waals surface area contributed by atoms with Crippen molar-refractivity contribution >= 4 is 12.2 Å². The van der Waals surface area contributed by atoms with Gasteiger partial charge in [0.25, 0.3) is 0 Å². The average Bonchev–Trinajstić information content (AvgIpc) is 3.50. The molecule has 5 aliphatic rings. The number of rotatable bonds is 7. The lowest BCUT2D eigenvalue weighted by Gasteiger charge is -2.65. The van der Waals surface area contributed by atoms with Gasteiger partial charge in [0.15, 0.2) is 11.5 Å². The van der Waals surface area contributed by atoms with Crippen LogP contribution < -0.4 is 9.47 Å². The highest BCUT2D eigenvalue weighted by molar-refractivity contribution is 5.85. The van der Waals surface area contributed by atoms with E-state index in [9.17, 15) is 20.1 Å². The van der Waals surface area contributed by atoms with Crippen molar-refractivity contribution in [3.63, 3.8) is 0 Å². The van der Waals surface area contributed by atoms with Crippen LogP contribution in [0.5, 0.6) is 11.5 Å². The van der Waals surface area contributed by atoms with Gasteiger partial charge in [-0.15, -0.1) is 0 Å². The molecule has 6 rings (SSSR count). The molecule has 0 radical (unpaired) electrons. The largest absolute Gasteiger partial charge is 0.493 e. The van der Waals surface area contributed by atoms with Gasteiger partial charge in [-0.3, -0.25) is 4.99 Å². The van der Waals surface area contributed by atoms with Gasteiger partial charge < -0.3 is 29.5 Å². The molecule has 0 spiro atoms. The van der Waals surface area contributed by atoms with Crippen molar-refractivity contribution in [1.82, 2.24) is 0 Å². The van der Waals surface area contributed by atoms with Crippen LogP contribution in [0.1, 0.15) is 70.3 Å². The van der Waals surface area contributed by atoms with E-state index < -0.39 is 22.7 Å². The molecule has 0 unspecified atom stereocenters. The summed E-state index contributed by atoms with van der Waals surface area (Å²) in [4.78, 5) is 16.8. The molecule has 8 nitrogen and oxygen atoms in total. The highest BCUT2D eigenvalue weighted by Crippen LogP contribution is 2.70. The van der Waals surface area contributed by atoms with Crippen molar-refractivity contribution in [2.75, 3.05) is 27.4 Å². The molecule has 0 amide bonds. The Morgan fingerprint density at radius 1 is 1.02 bits per heavy atom. The summed E-state index contributed by atoms with van der Waals surface area (Å²) in [6.45, 7) is 3.11. The van der Waals surface area contributed by atoms with Crippen molar-refractivity contribution < 1.29 is 34.3 Å². The van der Waals surface area contributed by atoms with Gasteiger partial charge in [0.05, 0.1) is 31.5 Å². The van der Waals surface area contributed by atoms with E-state index in [2.05, 4.69) is 6.92 Å². The number of nitrogens with zero attached hydrogens (tertiary/aromatic N) is 1. The Balaban J connectivity index is 1.27. The fraction of sp³-hybridized carbons (Fsp3) is 0.697. The molecule has 8 atom stereocenters. The topological polar surface area (TPSA) is 118 Å². The van der Waals surface area contributed by atoms with E-state index in [-0.39, 0.29) is 29.1 Å². The van der Waals surface area contributed by atoms with Crippen molar-refractivity contribution in [1.29, 1.82) is 0 Å². The molecule has 8 heteroatoms. The highest BCUT2D eigenvalue weighted by atomic mass is 16.5. The Kier molecular flexibility index (Phi) is 7.27. The first-order chi connectivity index (χ1) is 19.6. The van der Waals surface area contributed by atoms with Crippen LogP contribution in [0.25, 0.3) is 0 Å². The first-order valence-electron chi connectivity index (χ1n) is 15.3. The molecule has 224 valence electrons. The number of aliphatic hydroxyl groups excluding tert-OH is 1. The monoisotopic (exact) mass is 567 g/mol. The quantitative estimate of drug-likeness (QED) is 0.336. The van der Waals surface area contributed by atoms with E-state index in [0.717, 1.165) is 43.2 Å². The lowest BCUT2D eigenvalue weighted by Crippen LogP contribution is -2.68. The number of carbonyl (C=O) groups excluding carboxylic acids is 1. The number of esters is 1. The zero-order valence-electron chi connectivity index (χ0n) is 24.6. The Labute approximate surface area is 242 Å². The smallest absolute Gasteiger partial charge is 0.331 e. The number of aliphatic imine (C=N–C) groups is 1. The molecule has 41 heavy (non-hydrogen) atoms. The molecule has 4 fully saturated rings. The molecule has 1 aliphatic heterocycles. The van der Waals surface area contributed by atoms with Gasteiger partial charge >= 0.3 is 5.97 Å². The van der Waals surface area contributed by atoms with Crippen LogP contribution in [0.15, 0.2) is 34.8 Å². The third kappa shape index (κ3) is 4.35. The summed E-state index contributed by atoms with van der Waals surface area (Å²) < 4.78 is 16.1. The first-order valence-corrected chi connectivity index (χ1v) is 15.3. The first kappa shape index (κ1) is 28.7. The Bertz CT molecular complexity index is 1250. The molecule has 4 saturated carbocycles. The number of fused-ring (bicyclic) bond motifs is 5. The maximum atomic E-state index is 12.6. The predicted octanol–water partition coefficient (Wildman–Crippen LogP) is 4.03. The third-order valence-electron chi connectivity index (χ3n) is 11.9. The summed E-state index contributed by atoms with van der Waals surface area (Å²) in [5.41, 5.74) is -0.750. The summed E-state index contributed by atoms with van der Waals surface area (Å²) >= 11 is 0. The van der Waals surface area contributed by atoms with Crippen molar-refractivity contribution in [2.24, 2.45) is 33.6 Å². The van der Waals surface area contributed by atoms with Crippen LogP contribution in [-0.2, 0) is 16.0 Å². The summed E-state index contributed by atoms with van der Waals surface area (Å²) in [6.07, 6.45) is 10.00. The molecule has 0 aromatic heterocycles. The van der Waals surface area contributed by atoms with E-state index in [0.29, 0.717) is 56.8 Å². The molecule has 1 heterocycles. The molecule has 1 aromatic carbocycles. The number of methoxy groups -OCH3 is 2. The lowest BCUT2D eigenvalue weighted by atomic mass is 9.41. The summed E-state index contributed by atoms with van der Waals surface area (Å²) in [5, 5.41) is 35.4. The Morgan fingerprint density at radius 3 is 2.54 bits per heavy atom. The minimum absolute atomic E-state index is 0.0256. The lowest BCUT2D eigenvalue weighted by molar-refractivity contribution is -0.237. The van der Waals surface area contributed by atoms with Crippen LogP contribution in [0, 0.1) is 28.6 Å². The van der Waals surface area contributed by atoms with E-state index in [1.807, 2.05) is 24.4 Å². The number of cyclic esters (lactones) is 1. The highest BCUT2D eigenvalue weighted by Gasteiger charge is 2.71. The van der Waals surface area contributed by atoms with Crippen LogP contribution in [0.3, 0.4) is 0 Å². The van der Waals surface area contributed by atoms with Crippen LogP contribution in [0.4, 0.5) is 0 Å². The molecule has 0 bridgehead atoms. The summed E-state index contributed by atoms with van der Waals surface area (Å²) in [5.74, 6) is 1.33. The molecule has 1 aromatic rings. The Morgan fingerprint density at radius 2 is 1.80 bits per heavy atom. The molecule has 3 N–H and O–H groups in total. The van der Waals surface area contributed by atoms with E-state index in [1.165, 1.54) is 0 Å². The standard InChI is InChI=1S/C33H45NO7/c1-30-11-7-25-26(33(30,38)14-9-24(30)22-17-29(36)41-19-22)8-13-32(37)18-23(35)6-12-31(25,32)20-34-15-10-21-4-5-27(39-2)28(16-21)40-3/h4-5,16-17,20,23-26,35,37-38H,6-15,18-19H2,1-3H3/t23-,24-,25+,26-,30-,31+,32+,33-/m1/s1. The van der Waals surface area contributed by atoms with Crippen LogP contribution in [0.2, 0.25) is 0 Å². The fourth-order valence-corrected chi connectivity index (χ4v) is 9.82. The van der Waals surface area contributed by atoms with Gasteiger partial charge in [-0.05, 0) is 98.8 Å². The second kappa shape index (κ2) is 10.4. The van der Waals surface area contributed by atoms with Crippen molar-refractivity contribution in [2.45, 2.75) is 88.4 Å². The average molecular weight is 568 g/mol. The number of aliphatic hydroxyl groups is 3. The van der Waals surface area contributed by atoms with E-state index >= 15 is 0 Å². The Hall–Kier alpha value is -2.42. The zero-order chi connectivity index (χ0) is 29.0. The van der Waals surface area contributed by atoms with Crippen LogP contribution >= 0.6 is 0 Å². The minimum atomic E-state index is -1.05. The molecule has 0 saturated heterocycles. The van der Waals surface area contributed by atoms with Gasteiger partial charge in [0.2, 0.25) is 0 Å². The number of ether oxygens (including phenoxy) is 3. The molecular formula is C33H45NO7. The maximum absolute atomic E-state index is 12.6. The number of hydrogen-bond acceptors (Lipinski definition) is 8. The summed E-state index contributed by atoms with van der Waals surface area (Å²) in [7, 11) is 3.25. The van der Waals surface area contributed by atoms with Gasteiger partial charge in [0.1, 0.15) is 6.61 Å². The molecular weight excluding hydrogens is 522 g/mol. The number of benzene rings is 1.